The van der Waals surface area contributed by atoms with Crippen LogP contribution in [0.15, 0.2) is 0 Å². The van der Waals surface area contributed by atoms with Crippen molar-refractivity contribution in [2.24, 2.45) is 0 Å². The summed E-state index contributed by atoms with van der Waals surface area (Å²) in [7, 11) is 1.45. The maximum absolute atomic E-state index is 11.5. The molecule has 0 fully saturated rings. The molecule has 0 aliphatic heterocycles. The van der Waals surface area contributed by atoms with Crippen LogP contribution in [0.2, 0.25) is 0 Å². The van der Waals surface area contributed by atoms with E-state index in [0.29, 0.717) is 17.4 Å². The predicted molar refractivity (Wildman–Crippen MR) is 81.8 cm³/mol. The monoisotopic (exact) mass is 325 g/mol. The number of aliphatic hydroxyl groups excluding tert-OH is 1. The summed E-state index contributed by atoms with van der Waals surface area (Å²) in [6, 6.07) is 0. The van der Waals surface area contributed by atoms with Crippen LogP contribution in [0.1, 0.15) is 45.4 Å². The number of hydrogen-bond acceptors (Lipinski definition) is 5. The number of phosphoric ester groups is 1. The van der Waals surface area contributed by atoms with Gasteiger partial charge in [0.05, 0.1) is 34.4 Å². The van der Waals surface area contributed by atoms with Gasteiger partial charge in [0.2, 0.25) is 0 Å². The summed E-state index contributed by atoms with van der Waals surface area (Å²) < 4.78 is 21.5. The van der Waals surface area contributed by atoms with E-state index >= 15 is 0 Å². The van der Waals surface area contributed by atoms with Gasteiger partial charge in [-0.3, -0.25) is 4.57 Å². The summed E-state index contributed by atoms with van der Waals surface area (Å²) >= 11 is 0. The second kappa shape index (κ2) is 10.7. The largest absolute Gasteiger partial charge is 0.756 e. The van der Waals surface area contributed by atoms with Crippen LogP contribution >= 0.6 is 7.82 Å². The first kappa shape index (κ1) is 21.0. The molecule has 0 radical (unpaired) electrons. The van der Waals surface area contributed by atoms with E-state index < -0.39 is 13.9 Å². The average molecular weight is 325 g/mol. The van der Waals surface area contributed by atoms with Crippen molar-refractivity contribution >= 4 is 7.82 Å². The molecule has 0 saturated heterocycles. The quantitative estimate of drug-likeness (QED) is 0.318. The molecule has 0 rings (SSSR count). The first-order chi connectivity index (χ1) is 9.66. The Bertz CT molecular complexity index is 306. The summed E-state index contributed by atoms with van der Waals surface area (Å²) in [6.45, 7) is 2.46. The van der Waals surface area contributed by atoms with Gasteiger partial charge in [-0.05, 0) is 6.42 Å². The number of phosphoric acid groups is 1. The second-order valence-corrected chi connectivity index (χ2v) is 7.88. The summed E-state index contributed by atoms with van der Waals surface area (Å²) in [5, 5.41) is 9.68. The lowest BCUT2D eigenvalue weighted by atomic mass is 10.1. The van der Waals surface area contributed by atoms with Crippen molar-refractivity contribution < 1.29 is 28.1 Å². The van der Waals surface area contributed by atoms with Gasteiger partial charge in [0, 0.05) is 0 Å². The molecule has 0 aromatic rings. The zero-order valence-electron chi connectivity index (χ0n) is 13.9. The van der Waals surface area contributed by atoms with Gasteiger partial charge in [0.1, 0.15) is 12.6 Å². The highest BCUT2D eigenvalue weighted by Gasteiger charge is 2.18. The average Bonchev–Trinajstić information content (AvgIpc) is 2.33. The van der Waals surface area contributed by atoms with Gasteiger partial charge in [0.25, 0.3) is 7.82 Å². The molecule has 0 aliphatic carbocycles. The Morgan fingerprint density at radius 2 is 1.67 bits per heavy atom. The maximum Gasteiger partial charge on any atom is 0.267 e. The fraction of sp³-hybridized carbons (Fsp3) is 1.00. The molecule has 7 heteroatoms. The molecule has 2 unspecified atom stereocenters. The minimum Gasteiger partial charge on any atom is -0.756 e. The van der Waals surface area contributed by atoms with E-state index in [1.165, 1.54) is 19.3 Å². The summed E-state index contributed by atoms with van der Waals surface area (Å²) in [5.74, 6) is 0. The van der Waals surface area contributed by atoms with Crippen molar-refractivity contribution in [3.05, 3.63) is 0 Å². The highest BCUT2D eigenvalue weighted by Crippen LogP contribution is 2.38. The number of nitrogens with zero attached hydrogens (tertiary/aromatic N) is 1. The number of unbranched alkanes of at least 4 members (excludes halogenated alkanes) is 5. The third kappa shape index (κ3) is 14.7. The molecule has 1 N–H and O–H groups in total. The highest BCUT2D eigenvalue weighted by atomic mass is 31.2. The molecular formula is C14H32NO5P. The Morgan fingerprint density at radius 3 is 2.24 bits per heavy atom. The molecule has 0 bridgehead atoms. The number of quaternary nitrogens is 1. The molecule has 6 nitrogen and oxygen atoms in total. The van der Waals surface area contributed by atoms with Crippen molar-refractivity contribution in [1.82, 2.24) is 0 Å². The Balaban J connectivity index is 3.71. The Kier molecular flexibility index (Phi) is 10.7. The van der Waals surface area contributed by atoms with Crippen LogP contribution in [0.4, 0.5) is 0 Å². The Labute approximate surface area is 129 Å². The third-order valence-electron chi connectivity index (χ3n) is 2.93. The van der Waals surface area contributed by atoms with E-state index in [1.54, 1.807) is 0 Å². The van der Waals surface area contributed by atoms with Crippen molar-refractivity contribution in [3.63, 3.8) is 0 Å². The van der Waals surface area contributed by atoms with Gasteiger partial charge in [-0.25, -0.2) is 0 Å². The van der Waals surface area contributed by atoms with Crippen LogP contribution in [0, 0.1) is 0 Å². The van der Waals surface area contributed by atoms with Crippen molar-refractivity contribution in [2.75, 3.05) is 40.9 Å². The normalized spacial score (nSPS) is 16.7. The number of hydrogen-bond donors (Lipinski definition) is 1. The van der Waals surface area contributed by atoms with Gasteiger partial charge in [-0.1, -0.05) is 39.0 Å². The minimum absolute atomic E-state index is 0.151. The van der Waals surface area contributed by atoms with E-state index in [-0.39, 0.29) is 13.2 Å². The number of aliphatic hydroxyl groups is 1. The Hall–Kier alpha value is 0.0300. The number of rotatable bonds is 13. The van der Waals surface area contributed by atoms with Crippen LogP contribution in [0.3, 0.4) is 0 Å². The van der Waals surface area contributed by atoms with Crippen LogP contribution in [0.5, 0.6) is 0 Å². The van der Waals surface area contributed by atoms with E-state index in [4.69, 9.17) is 9.05 Å². The zero-order chi connectivity index (χ0) is 16.4. The minimum atomic E-state index is -4.29. The van der Waals surface area contributed by atoms with Crippen molar-refractivity contribution in [3.8, 4) is 0 Å². The predicted octanol–water partition coefficient (Wildman–Crippen LogP) is 1.92. The first-order valence-electron chi connectivity index (χ1n) is 7.75. The summed E-state index contributed by atoms with van der Waals surface area (Å²) in [5.41, 5.74) is 0. The molecule has 0 aliphatic rings. The van der Waals surface area contributed by atoms with Crippen LogP contribution in [0.25, 0.3) is 0 Å². The van der Waals surface area contributed by atoms with E-state index in [9.17, 15) is 14.6 Å². The summed E-state index contributed by atoms with van der Waals surface area (Å²) in [4.78, 5) is 11.5. The van der Waals surface area contributed by atoms with Gasteiger partial charge < -0.3 is 23.5 Å². The Morgan fingerprint density at radius 1 is 1.10 bits per heavy atom. The van der Waals surface area contributed by atoms with Gasteiger partial charge >= 0.3 is 0 Å². The van der Waals surface area contributed by atoms with E-state index in [0.717, 1.165) is 12.8 Å². The molecular weight excluding hydrogens is 293 g/mol. The molecule has 128 valence electrons. The third-order valence-corrected chi connectivity index (χ3v) is 3.89. The summed E-state index contributed by atoms with van der Waals surface area (Å²) in [6.07, 6.45) is 5.53. The SMILES string of the molecule is CCCCCCCCOP(=O)([O-])OCC(O)C[N+](C)(C)C. The molecule has 0 aromatic heterocycles. The van der Waals surface area contributed by atoms with Crippen molar-refractivity contribution in [2.45, 2.75) is 51.6 Å². The fourth-order valence-corrected chi connectivity index (χ4v) is 2.74. The van der Waals surface area contributed by atoms with Gasteiger partial charge in [-0.2, -0.15) is 0 Å². The molecule has 0 saturated carbocycles. The lowest BCUT2D eigenvalue weighted by Crippen LogP contribution is -2.43. The standard InChI is InChI=1S/C14H32NO5P/c1-5-6-7-8-9-10-11-19-21(17,18)20-13-14(16)12-15(2,3)4/h14,16H,5-13H2,1-4H3. The lowest BCUT2D eigenvalue weighted by Gasteiger charge is -2.28. The molecule has 0 heterocycles. The fourth-order valence-electron chi connectivity index (χ4n) is 1.96. The van der Waals surface area contributed by atoms with Crippen LogP contribution < -0.4 is 4.89 Å². The van der Waals surface area contributed by atoms with Crippen molar-refractivity contribution in [1.29, 1.82) is 0 Å². The van der Waals surface area contributed by atoms with E-state index in [1.807, 2.05) is 21.1 Å². The molecule has 21 heavy (non-hydrogen) atoms. The van der Waals surface area contributed by atoms with Gasteiger partial charge in [-0.15, -0.1) is 0 Å². The zero-order valence-corrected chi connectivity index (χ0v) is 14.8. The smallest absolute Gasteiger partial charge is 0.267 e. The van der Waals surface area contributed by atoms with Crippen LogP contribution in [-0.4, -0.2) is 56.6 Å². The first-order valence-corrected chi connectivity index (χ1v) is 9.21. The maximum atomic E-state index is 11.5. The molecule has 0 amide bonds. The lowest BCUT2D eigenvalue weighted by molar-refractivity contribution is -0.873. The molecule has 2 atom stereocenters. The van der Waals surface area contributed by atoms with E-state index in [2.05, 4.69) is 6.92 Å². The molecule has 0 aromatic carbocycles. The highest BCUT2D eigenvalue weighted by molar-refractivity contribution is 7.45. The number of likely N-dealkylation sites (N-methyl/N-ethyl adjacent to an activating group) is 1. The molecule has 0 spiro atoms. The second-order valence-electron chi connectivity index (χ2n) is 6.47. The van der Waals surface area contributed by atoms with Gasteiger partial charge in [0.15, 0.2) is 0 Å². The van der Waals surface area contributed by atoms with Crippen LogP contribution in [-0.2, 0) is 13.6 Å². The topological polar surface area (TPSA) is 78.8 Å².